The monoisotopic (exact) mass is 168 g/mol. The number of carbonyl (C=O) groups is 2. The smallest absolute Gasteiger partial charge is 0.152 e. The summed E-state index contributed by atoms with van der Waals surface area (Å²) in [6.07, 6.45) is 6.24. The molecule has 0 saturated heterocycles. The Bertz CT molecular complexity index is 195. The first-order chi connectivity index (χ1) is 5.77. The molecule has 12 heavy (non-hydrogen) atoms. The highest BCUT2D eigenvalue weighted by atomic mass is 16.1. The van der Waals surface area contributed by atoms with Gasteiger partial charge in [-0.15, -0.1) is 0 Å². The van der Waals surface area contributed by atoms with Crippen LogP contribution in [0.15, 0.2) is 34.7 Å². The zero-order chi connectivity index (χ0) is 9.82. The van der Waals surface area contributed by atoms with Crippen LogP contribution in [0.3, 0.4) is 0 Å². The zero-order valence-electron chi connectivity index (χ0n) is 7.23. The van der Waals surface area contributed by atoms with Crippen molar-refractivity contribution in [2.24, 2.45) is 10.2 Å². The van der Waals surface area contributed by atoms with Gasteiger partial charge in [-0.05, 0) is 19.1 Å². The highest BCUT2D eigenvalue weighted by molar-refractivity contribution is 5.87. The molecule has 0 N–H and O–H groups in total. The first kappa shape index (κ1) is 13.0. The topological polar surface area (TPSA) is 58.9 Å². The summed E-state index contributed by atoms with van der Waals surface area (Å²) in [5.74, 6) is 0.0260. The molecule has 4 nitrogen and oxygen atoms in total. The van der Waals surface area contributed by atoms with Crippen LogP contribution in [0.4, 0.5) is 0 Å². The average Bonchev–Trinajstić information content (AvgIpc) is 2.07. The molecule has 0 fully saturated rings. The molecule has 0 saturated carbocycles. The van der Waals surface area contributed by atoms with Crippen molar-refractivity contribution >= 4 is 12.6 Å². The minimum absolute atomic E-state index is 0.0260. The fourth-order valence-electron chi connectivity index (χ4n) is 0.346. The Balaban J connectivity index is 0. The predicted molar refractivity (Wildman–Crippen MR) is 46.9 cm³/mol. The summed E-state index contributed by atoms with van der Waals surface area (Å²) in [5, 5.41) is 7.02. The summed E-state index contributed by atoms with van der Waals surface area (Å²) in [7, 11) is 1.58. The standard InChI is InChI=1S/C7H10N2O.CH2O/c1-7(10)5-3-4-6-9-8-2;1-2/h3-6H,1-2H3;1H2/b5-3+,6-4-,9-8?;. The van der Waals surface area contributed by atoms with Crippen LogP contribution < -0.4 is 0 Å². The van der Waals surface area contributed by atoms with Gasteiger partial charge in [-0.3, -0.25) is 4.79 Å². The first-order valence-electron chi connectivity index (χ1n) is 3.19. The molecular weight excluding hydrogens is 156 g/mol. The Hall–Kier alpha value is -1.58. The molecule has 0 heterocycles. The second-order valence-corrected chi connectivity index (χ2v) is 1.63. The normalized spacial score (nSPS) is 10.5. The number of hydrogen-bond donors (Lipinski definition) is 0. The van der Waals surface area contributed by atoms with Crippen molar-refractivity contribution in [1.82, 2.24) is 0 Å². The van der Waals surface area contributed by atoms with Gasteiger partial charge < -0.3 is 4.79 Å². The molecule has 0 aromatic carbocycles. The van der Waals surface area contributed by atoms with E-state index >= 15 is 0 Å². The van der Waals surface area contributed by atoms with Crippen molar-refractivity contribution in [1.29, 1.82) is 0 Å². The molecule has 0 spiro atoms. The highest BCUT2D eigenvalue weighted by Crippen LogP contribution is 1.80. The molecule has 0 aromatic rings. The van der Waals surface area contributed by atoms with Gasteiger partial charge in [0.25, 0.3) is 0 Å². The quantitative estimate of drug-likeness (QED) is 0.364. The number of rotatable bonds is 3. The molecule has 0 radical (unpaired) electrons. The van der Waals surface area contributed by atoms with Crippen LogP contribution >= 0.6 is 0 Å². The predicted octanol–water partition coefficient (Wildman–Crippen LogP) is 1.54. The second-order valence-electron chi connectivity index (χ2n) is 1.63. The Morgan fingerprint density at radius 2 is 1.92 bits per heavy atom. The van der Waals surface area contributed by atoms with E-state index in [4.69, 9.17) is 4.79 Å². The maximum atomic E-state index is 10.3. The third-order valence-electron chi connectivity index (χ3n) is 0.710. The molecule has 66 valence electrons. The highest BCUT2D eigenvalue weighted by Gasteiger charge is 1.75. The molecule has 0 aliphatic carbocycles. The number of azo groups is 1. The van der Waals surface area contributed by atoms with E-state index in [-0.39, 0.29) is 5.78 Å². The van der Waals surface area contributed by atoms with E-state index in [1.165, 1.54) is 19.2 Å². The molecule has 0 amide bonds. The third kappa shape index (κ3) is 15.8. The summed E-state index contributed by atoms with van der Waals surface area (Å²) < 4.78 is 0. The Morgan fingerprint density at radius 1 is 1.33 bits per heavy atom. The van der Waals surface area contributed by atoms with E-state index in [1.54, 1.807) is 19.2 Å². The van der Waals surface area contributed by atoms with Crippen molar-refractivity contribution < 1.29 is 9.59 Å². The average molecular weight is 168 g/mol. The van der Waals surface area contributed by atoms with E-state index in [2.05, 4.69) is 10.2 Å². The fraction of sp³-hybridized carbons (Fsp3) is 0.250. The van der Waals surface area contributed by atoms with Gasteiger partial charge in [0.15, 0.2) is 5.78 Å². The van der Waals surface area contributed by atoms with E-state index in [9.17, 15) is 4.79 Å². The third-order valence-corrected chi connectivity index (χ3v) is 0.710. The lowest BCUT2D eigenvalue weighted by Gasteiger charge is -1.73. The van der Waals surface area contributed by atoms with Crippen LogP contribution in [-0.4, -0.2) is 19.6 Å². The molecule has 0 bridgehead atoms. The van der Waals surface area contributed by atoms with E-state index in [1.807, 2.05) is 6.79 Å². The van der Waals surface area contributed by atoms with Gasteiger partial charge in [0.1, 0.15) is 6.79 Å². The van der Waals surface area contributed by atoms with E-state index in [0.29, 0.717) is 0 Å². The summed E-state index contributed by atoms with van der Waals surface area (Å²) in [6, 6.07) is 0. The molecule has 4 heteroatoms. The second kappa shape index (κ2) is 12.1. The summed E-state index contributed by atoms with van der Waals surface area (Å²) in [4.78, 5) is 18.3. The summed E-state index contributed by atoms with van der Waals surface area (Å²) >= 11 is 0. The zero-order valence-corrected chi connectivity index (χ0v) is 7.23. The maximum Gasteiger partial charge on any atom is 0.152 e. The lowest BCUT2D eigenvalue weighted by molar-refractivity contribution is -0.112. The van der Waals surface area contributed by atoms with Crippen LogP contribution in [0.1, 0.15) is 6.92 Å². The molecule has 0 aliphatic rings. The first-order valence-corrected chi connectivity index (χ1v) is 3.19. The number of hydrogen-bond acceptors (Lipinski definition) is 4. The fourth-order valence-corrected chi connectivity index (χ4v) is 0.346. The molecule has 0 atom stereocenters. The molecular formula is C8H12N2O2. The van der Waals surface area contributed by atoms with Gasteiger partial charge in [-0.25, -0.2) is 0 Å². The molecule has 0 aliphatic heterocycles. The van der Waals surface area contributed by atoms with E-state index in [0.717, 1.165) is 0 Å². The van der Waals surface area contributed by atoms with Crippen molar-refractivity contribution in [3.8, 4) is 0 Å². The molecule has 0 aromatic heterocycles. The Kier molecular flexibility index (Phi) is 13.2. The van der Waals surface area contributed by atoms with Gasteiger partial charge >= 0.3 is 0 Å². The van der Waals surface area contributed by atoms with Gasteiger partial charge in [0, 0.05) is 13.2 Å². The largest absolute Gasteiger partial charge is 0.307 e. The van der Waals surface area contributed by atoms with Gasteiger partial charge in [-0.1, -0.05) is 6.08 Å². The van der Waals surface area contributed by atoms with Crippen molar-refractivity contribution in [2.45, 2.75) is 6.92 Å². The lowest BCUT2D eigenvalue weighted by atomic mass is 10.4. The number of ketones is 1. The molecule has 0 unspecified atom stereocenters. The number of carbonyl (C=O) groups excluding carboxylic acids is 2. The van der Waals surface area contributed by atoms with Crippen LogP contribution in [0, 0.1) is 0 Å². The Labute approximate surface area is 71.7 Å². The van der Waals surface area contributed by atoms with Crippen LogP contribution in [0.25, 0.3) is 0 Å². The minimum Gasteiger partial charge on any atom is -0.307 e. The maximum absolute atomic E-state index is 10.3. The van der Waals surface area contributed by atoms with Crippen LogP contribution in [0.2, 0.25) is 0 Å². The molecule has 0 rings (SSSR count). The van der Waals surface area contributed by atoms with Crippen LogP contribution in [0.5, 0.6) is 0 Å². The van der Waals surface area contributed by atoms with Gasteiger partial charge in [0.05, 0.1) is 0 Å². The SMILES string of the molecule is C=O.CN=N/C=C\C=C\C(C)=O. The minimum atomic E-state index is 0.0260. The number of allylic oxidation sites excluding steroid dienone is 3. The van der Waals surface area contributed by atoms with E-state index < -0.39 is 0 Å². The van der Waals surface area contributed by atoms with Crippen LogP contribution in [-0.2, 0) is 9.59 Å². The summed E-state index contributed by atoms with van der Waals surface area (Å²) in [6.45, 7) is 3.49. The van der Waals surface area contributed by atoms with Crippen molar-refractivity contribution in [2.75, 3.05) is 7.05 Å². The van der Waals surface area contributed by atoms with Gasteiger partial charge in [-0.2, -0.15) is 10.2 Å². The Morgan fingerprint density at radius 3 is 2.33 bits per heavy atom. The number of nitrogens with zero attached hydrogens (tertiary/aromatic N) is 2. The summed E-state index contributed by atoms with van der Waals surface area (Å²) in [5.41, 5.74) is 0. The van der Waals surface area contributed by atoms with Crippen molar-refractivity contribution in [3.05, 3.63) is 24.4 Å². The van der Waals surface area contributed by atoms with Gasteiger partial charge in [0.2, 0.25) is 0 Å². The van der Waals surface area contributed by atoms with Crippen molar-refractivity contribution in [3.63, 3.8) is 0 Å². The lowest BCUT2D eigenvalue weighted by Crippen LogP contribution is -1.77.